The molecule has 1 aromatic carbocycles. The number of ether oxygens (including phenoxy) is 1. The number of benzene rings is 1. The van der Waals surface area contributed by atoms with Crippen molar-refractivity contribution in [3.63, 3.8) is 0 Å². The van der Waals surface area contributed by atoms with Crippen LogP contribution in [0.3, 0.4) is 0 Å². The lowest BCUT2D eigenvalue weighted by Gasteiger charge is -2.11. The van der Waals surface area contributed by atoms with Gasteiger partial charge in [-0.3, -0.25) is 9.52 Å². The summed E-state index contributed by atoms with van der Waals surface area (Å²) >= 11 is 2.21. The first-order valence-corrected chi connectivity index (χ1v) is 11.2. The molecule has 2 N–H and O–H groups in total. The molecule has 0 bridgehead atoms. The normalized spacial score (nSPS) is 10.7. The van der Waals surface area contributed by atoms with Crippen molar-refractivity contribution in [3.05, 3.63) is 64.4 Å². The lowest BCUT2D eigenvalue weighted by Crippen LogP contribution is -2.22. The molecule has 0 spiro atoms. The molecule has 3 rings (SSSR count). The van der Waals surface area contributed by atoms with Crippen LogP contribution < -0.4 is 10.0 Å². The fraction of sp³-hybridized carbons (Fsp3) is 0.0556. The number of rotatable bonds is 7. The van der Waals surface area contributed by atoms with Crippen molar-refractivity contribution in [2.75, 3.05) is 16.6 Å². The van der Waals surface area contributed by atoms with Crippen molar-refractivity contribution in [1.29, 1.82) is 5.26 Å². The number of carbonyl (C=O) groups excluding carboxylic acids is 2. The van der Waals surface area contributed by atoms with E-state index >= 15 is 0 Å². The van der Waals surface area contributed by atoms with E-state index in [0.717, 1.165) is 11.3 Å². The summed E-state index contributed by atoms with van der Waals surface area (Å²) in [6.07, 6.45) is 0. The predicted octanol–water partition coefficient (Wildman–Crippen LogP) is 3.28. The van der Waals surface area contributed by atoms with Crippen LogP contribution in [0.1, 0.15) is 15.9 Å². The van der Waals surface area contributed by atoms with Gasteiger partial charge in [-0.2, -0.15) is 5.26 Å². The van der Waals surface area contributed by atoms with Crippen molar-refractivity contribution >= 4 is 55.3 Å². The molecule has 3 aromatic rings. The van der Waals surface area contributed by atoms with Crippen LogP contribution in [0.2, 0.25) is 0 Å². The highest BCUT2D eigenvalue weighted by Gasteiger charge is 2.20. The Balaban J connectivity index is 1.67. The summed E-state index contributed by atoms with van der Waals surface area (Å²) in [5, 5.41) is 15.1. The number of esters is 1. The van der Waals surface area contributed by atoms with Gasteiger partial charge in [-0.1, -0.05) is 18.2 Å². The highest BCUT2D eigenvalue weighted by atomic mass is 32.2. The number of para-hydroxylation sites is 1. The molecule has 0 aliphatic carbocycles. The minimum absolute atomic E-state index is 0.0331. The fourth-order valence-corrected chi connectivity index (χ4v) is 5.05. The summed E-state index contributed by atoms with van der Waals surface area (Å²) in [6.45, 7) is -0.590. The average molecular weight is 448 g/mol. The zero-order valence-corrected chi connectivity index (χ0v) is 17.1. The number of carbonyl (C=O) groups is 2. The maximum Gasteiger partial charge on any atom is 0.340 e. The van der Waals surface area contributed by atoms with Crippen LogP contribution >= 0.6 is 22.7 Å². The molecule has 0 radical (unpaired) electrons. The Labute approximate surface area is 174 Å². The molecule has 1 amide bonds. The van der Waals surface area contributed by atoms with E-state index in [4.69, 9.17) is 10.00 Å². The number of nitrogens with zero attached hydrogens (tertiary/aromatic N) is 1. The van der Waals surface area contributed by atoms with Gasteiger partial charge in [0.1, 0.15) is 15.3 Å². The average Bonchev–Trinajstić information content (AvgIpc) is 3.38. The van der Waals surface area contributed by atoms with Crippen LogP contribution in [-0.2, 0) is 19.6 Å². The van der Waals surface area contributed by atoms with E-state index in [2.05, 4.69) is 10.0 Å². The largest absolute Gasteiger partial charge is 0.452 e. The molecule has 8 nitrogen and oxygen atoms in total. The summed E-state index contributed by atoms with van der Waals surface area (Å²) in [5.41, 5.74) is 0.314. The van der Waals surface area contributed by atoms with E-state index in [9.17, 15) is 18.0 Å². The Kier molecular flexibility index (Phi) is 6.28. The van der Waals surface area contributed by atoms with Gasteiger partial charge in [0.2, 0.25) is 0 Å². The quantitative estimate of drug-likeness (QED) is 0.536. The van der Waals surface area contributed by atoms with Crippen molar-refractivity contribution in [2.24, 2.45) is 0 Å². The van der Waals surface area contributed by atoms with Gasteiger partial charge in [0.25, 0.3) is 15.9 Å². The number of sulfonamides is 1. The van der Waals surface area contributed by atoms with E-state index in [1.165, 1.54) is 29.5 Å². The molecule has 148 valence electrons. The van der Waals surface area contributed by atoms with Crippen molar-refractivity contribution in [1.82, 2.24) is 0 Å². The van der Waals surface area contributed by atoms with Crippen LogP contribution in [0.4, 0.5) is 10.7 Å². The van der Waals surface area contributed by atoms with E-state index in [-0.39, 0.29) is 15.5 Å². The first kappa shape index (κ1) is 20.5. The number of amides is 1. The zero-order valence-electron chi connectivity index (χ0n) is 14.6. The summed E-state index contributed by atoms with van der Waals surface area (Å²) < 4.78 is 32.3. The standard InChI is InChI=1S/C18H13N3O5S3/c19-10-12-7-9-28-17(12)20-15(22)11-26-18(23)13-4-1-2-5-14(13)21-29(24,25)16-6-3-8-27-16/h1-9,21H,11H2,(H,20,22). The Morgan fingerprint density at radius 3 is 2.59 bits per heavy atom. The van der Waals surface area contributed by atoms with E-state index in [0.29, 0.717) is 10.6 Å². The van der Waals surface area contributed by atoms with Gasteiger partial charge in [-0.05, 0) is 35.0 Å². The van der Waals surface area contributed by atoms with Crippen LogP contribution in [0, 0.1) is 11.3 Å². The maximum absolute atomic E-state index is 12.4. The number of nitriles is 1. The second-order valence-electron chi connectivity index (χ2n) is 5.48. The zero-order chi connectivity index (χ0) is 20.9. The summed E-state index contributed by atoms with van der Waals surface area (Å²) in [7, 11) is -3.85. The van der Waals surface area contributed by atoms with Gasteiger partial charge < -0.3 is 10.1 Å². The molecule has 0 saturated heterocycles. The third-order valence-corrected chi connectivity index (χ3v) is 7.12. The Morgan fingerprint density at radius 1 is 1.07 bits per heavy atom. The van der Waals surface area contributed by atoms with Crippen LogP contribution in [-0.4, -0.2) is 26.9 Å². The van der Waals surface area contributed by atoms with E-state index in [1.807, 2.05) is 6.07 Å². The Bertz CT molecular complexity index is 1180. The number of thiophene rings is 2. The Morgan fingerprint density at radius 2 is 1.86 bits per heavy atom. The van der Waals surface area contributed by atoms with Crippen molar-refractivity contribution < 1.29 is 22.7 Å². The van der Waals surface area contributed by atoms with Gasteiger partial charge in [-0.25, -0.2) is 13.2 Å². The first-order valence-electron chi connectivity index (χ1n) is 8.00. The summed E-state index contributed by atoms with van der Waals surface area (Å²) in [4.78, 5) is 24.4. The van der Waals surface area contributed by atoms with Gasteiger partial charge in [0.05, 0.1) is 16.8 Å². The van der Waals surface area contributed by atoms with E-state index < -0.39 is 28.5 Å². The highest BCUT2D eigenvalue weighted by molar-refractivity contribution is 7.94. The third kappa shape index (κ3) is 5.00. The SMILES string of the molecule is N#Cc1ccsc1NC(=O)COC(=O)c1ccccc1NS(=O)(=O)c1cccs1. The molecule has 0 atom stereocenters. The summed E-state index contributed by atoms with van der Waals surface area (Å²) in [5.74, 6) is -1.48. The predicted molar refractivity (Wildman–Crippen MR) is 110 cm³/mol. The van der Waals surface area contributed by atoms with Crippen LogP contribution in [0.25, 0.3) is 0 Å². The van der Waals surface area contributed by atoms with Crippen molar-refractivity contribution in [2.45, 2.75) is 4.21 Å². The van der Waals surface area contributed by atoms with Gasteiger partial charge in [-0.15, -0.1) is 22.7 Å². The fourth-order valence-electron chi connectivity index (χ4n) is 2.23. The number of anilines is 2. The van der Waals surface area contributed by atoms with E-state index in [1.54, 1.807) is 35.0 Å². The highest BCUT2D eigenvalue weighted by Crippen LogP contribution is 2.24. The second kappa shape index (κ2) is 8.87. The molecule has 0 unspecified atom stereocenters. The van der Waals surface area contributed by atoms with Gasteiger partial charge in [0, 0.05) is 0 Å². The lowest BCUT2D eigenvalue weighted by atomic mass is 10.2. The minimum Gasteiger partial charge on any atom is -0.452 e. The Hall–Kier alpha value is -3.20. The second-order valence-corrected chi connectivity index (χ2v) is 9.26. The lowest BCUT2D eigenvalue weighted by molar-refractivity contribution is -0.119. The monoisotopic (exact) mass is 447 g/mol. The molecule has 0 fully saturated rings. The molecular weight excluding hydrogens is 434 g/mol. The van der Waals surface area contributed by atoms with Gasteiger partial charge >= 0.3 is 5.97 Å². The summed E-state index contributed by atoms with van der Waals surface area (Å²) in [6, 6.07) is 12.5. The van der Waals surface area contributed by atoms with Crippen molar-refractivity contribution in [3.8, 4) is 6.07 Å². The van der Waals surface area contributed by atoms with Gasteiger partial charge in [0.15, 0.2) is 6.61 Å². The molecule has 0 aliphatic rings. The molecule has 0 saturated carbocycles. The third-order valence-electron chi connectivity index (χ3n) is 3.52. The molecule has 2 aromatic heterocycles. The maximum atomic E-state index is 12.4. The number of hydrogen-bond acceptors (Lipinski definition) is 8. The molecule has 0 aliphatic heterocycles. The molecule has 11 heteroatoms. The van der Waals surface area contributed by atoms with Crippen LogP contribution in [0.15, 0.2) is 57.4 Å². The topological polar surface area (TPSA) is 125 Å². The first-order chi connectivity index (χ1) is 13.9. The molecule has 29 heavy (non-hydrogen) atoms. The molecule has 2 heterocycles. The smallest absolute Gasteiger partial charge is 0.340 e. The number of hydrogen-bond donors (Lipinski definition) is 2. The van der Waals surface area contributed by atoms with Crippen LogP contribution in [0.5, 0.6) is 0 Å². The number of nitrogens with one attached hydrogen (secondary N) is 2. The molecular formula is C18H13N3O5S3. The minimum atomic E-state index is -3.85.